The van der Waals surface area contributed by atoms with E-state index in [2.05, 4.69) is 6.92 Å². The molecule has 0 aliphatic heterocycles. The summed E-state index contributed by atoms with van der Waals surface area (Å²) in [5, 5.41) is 4.79. The second-order valence-electron chi connectivity index (χ2n) is 5.48. The number of nitrogens with two attached hydrogens (primary N) is 1. The number of nitrogens with zero attached hydrogens (tertiary/aromatic N) is 2. The zero-order valence-corrected chi connectivity index (χ0v) is 11.5. The molecular weight excluding hydrogens is 234 g/mol. The van der Waals surface area contributed by atoms with Gasteiger partial charge in [0.1, 0.15) is 5.82 Å². The first-order chi connectivity index (χ1) is 9.27. The molecule has 1 fully saturated rings. The maximum atomic E-state index is 6.24. The lowest BCUT2D eigenvalue weighted by atomic mass is 9.86. The van der Waals surface area contributed by atoms with Crippen LogP contribution in [0.15, 0.2) is 30.3 Å². The minimum absolute atomic E-state index is 0.598. The fraction of sp³-hybridized carbons (Fsp3) is 0.438. The Hall–Kier alpha value is -1.77. The van der Waals surface area contributed by atoms with Crippen molar-refractivity contribution in [3.63, 3.8) is 0 Å². The largest absolute Gasteiger partial charge is 0.383 e. The molecule has 0 bridgehead atoms. The summed E-state index contributed by atoms with van der Waals surface area (Å²) in [5.41, 5.74) is 9.66. The van der Waals surface area contributed by atoms with Gasteiger partial charge in [-0.25, -0.2) is 4.68 Å². The van der Waals surface area contributed by atoms with Crippen molar-refractivity contribution < 1.29 is 0 Å². The van der Waals surface area contributed by atoms with E-state index in [4.69, 9.17) is 10.8 Å². The van der Waals surface area contributed by atoms with E-state index >= 15 is 0 Å². The number of para-hydroxylation sites is 1. The third-order valence-corrected chi connectivity index (χ3v) is 4.20. The Morgan fingerprint density at radius 1 is 1.11 bits per heavy atom. The van der Waals surface area contributed by atoms with Crippen LogP contribution in [0.25, 0.3) is 5.69 Å². The molecule has 0 amide bonds. The van der Waals surface area contributed by atoms with Gasteiger partial charge < -0.3 is 5.73 Å². The lowest BCUT2D eigenvalue weighted by Gasteiger charge is -2.20. The standard InChI is InChI=1S/C16H21N3/c1-12-15(13-8-4-2-5-9-13)18-19(16(12)17)14-10-6-3-7-11-14/h3,6-7,10-11,13H,2,4-5,8-9,17H2,1H3. The second-order valence-corrected chi connectivity index (χ2v) is 5.48. The number of anilines is 1. The van der Waals surface area contributed by atoms with Crippen LogP contribution in [0.1, 0.15) is 49.3 Å². The quantitative estimate of drug-likeness (QED) is 0.886. The van der Waals surface area contributed by atoms with Gasteiger partial charge in [-0.3, -0.25) is 0 Å². The van der Waals surface area contributed by atoms with Gasteiger partial charge in [-0.2, -0.15) is 5.10 Å². The van der Waals surface area contributed by atoms with Gasteiger partial charge >= 0.3 is 0 Å². The molecule has 1 aromatic carbocycles. The van der Waals surface area contributed by atoms with Crippen molar-refractivity contribution in [3.8, 4) is 5.69 Å². The van der Waals surface area contributed by atoms with Crippen LogP contribution in [0.5, 0.6) is 0 Å². The fourth-order valence-corrected chi connectivity index (χ4v) is 3.06. The Morgan fingerprint density at radius 2 is 1.79 bits per heavy atom. The second kappa shape index (κ2) is 5.08. The molecule has 1 aromatic heterocycles. The van der Waals surface area contributed by atoms with Crippen molar-refractivity contribution >= 4 is 5.82 Å². The highest BCUT2D eigenvalue weighted by Gasteiger charge is 2.23. The summed E-state index contributed by atoms with van der Waals surface area (Å²) in [6.45, 7) is 2.10. The number of nitrogen functional groups attached to an aromatic ring is 1. The van der Waals surface area contributed by atoms with Gasteiger partial charge in [0.15, 0.2) is 0 Å². The average Bonchev–Trinajstić information content (AvgIpc) is 2.77. The Morgan fingerprint density at radius 3 is 2.47 bits per heavy atom. The highest BCUT2D eigenvalue weighted by atomic mass is 15.3. The maximum Gasteiger partial charge on any atom is 0.130 e. The molecule has 19 heavy (non-hydrogen) atoms. The van der Waals surface area contributed by atoms with E-state index in [1.54, 1.807) is 0 Å². The molecule has 1 heterocycles. The smallest absolute Gasteiger partial charge is 0.130 e. The average molecular weight is 255 g/mol. The summed E-state index contributed by atoms with van der Waals surface area (Å²) in [4.78, 5) is 0. The monoisotopic (exact) mass is 255 g/mol. The number of hydrogen-bond acceptors (Lipinski definition) is 2. The molecular formula is C16H21N3. The van der Waals surface area contributed by atoms with Gasteiger partial charge in [-0.15, -0.1) is 0 Å². The molecule has 0 atom stereocenters. The van der Waals surface area contributed by atoms with Crippen LogP contribution < -0.4 is 5.73 Å². The SMILES string of the molecule is Cc1c(C2CCCCC2)nn(-c2ccccc2)c1N. The molecule has 3 heteroatoms. The molecule has 1 aliphatic rings. The van der Waals surface area contributed by atoms with E-state index in [0.29, 0.717) is 5.92 Å². The zero-order valence-electron chi connectivity index (χ0n) is 11.5. The predicted molar refractivity (Wildman–Crippen MR) is 78.5 cm³/mol. The summed E-state index contributed by atoms with van der Waals surface area (Å²) >= 11 is 0. The Labute approximate surface area is 114 Å². The third kappa shape index (κ3) is 2.25. The summed E-state index contributed by atoms with van der Waals surface area (Å²) in [7, 11) is 0. The van der Waals surface area contributed by atoms with E-state index in [9.17, 15) is 0 Å². The van der Waals surface area contributed by atoms with Crippen molar-refractivity contribution in [1.29, 1.82) is 0 Å². The number of benzene rings is 1. The molecule has 1 aliphatic carbocycles. The highest BCUT2D eigenvalue weighted by Crippen LogP contribution is 2.35. The molecule has 3 nitrogen and oxygen atoms in total. The first-order valence-corrected chi connectivity index (χ1v) is 7.18. The normalized spacial score (nSPS) is 16.7. The first-order valence-electron chi connectivity index (χ1n) is 7.18. The first kappa shape index (κ1) is 12.3. The maximum absolute atomic E-state index is 6.24. The molecule has 100 valence electrons. The predicted octanol–water partition coefficient (Wildman–Crippen LogP) is 3.81. The number of hydrogen-bond donors (Lipinski definition) is 1. The topological polar surface area (TPSA) is 43.8 Å². The molecule has 0 saturated heterocycles. The van der Waals surface area contributed by atoms with Crippen molar-refractivity contribution in [2.45, 2.75) is 44.9 Å². The summed E-state index contributed by atoms with van der Waals surface area (Å²) < 4.78 is 1.89. The number of rotatable bonds is 2. The highest BCUT2D eigenvalue weighted by molar-refractivity contribution is 5.50. The van der Waals surface area contributed by atoms with Crippen molar-refractivity contribution in [2.24, 2.45) is 0 Å². The zero-order chi connectivity index (χ0) is 13.2. The Bertz CT molecular complexity index is 551. The summed E-state index contributed by atoms with van der Waals surface area (Å²) in [5.74, 6) is 1.38. The van der Waals surface area contributed by atoms with Crippen LogP contribution in [-0.4, -0.2) is 9.78 Å². The fourth-order valence-electron chi connectivity index (χ4n) is 3.06. The molecule has 2 aromatic rings. The van der Waals surface area contributed by atoms with E-state index in [1.165, 1.54) is 37.8 Å². The van der Waals surface area contributed by atoms with Gasteiger partial charge in [-0.05, 0) is 31.9 Å². The molecule has 3 rings (SSSR count). The van der Waals surface area contributed by atoms with Crippen LogP contribution in [0.3, 0.4) is 0 Å². The van der Waals surface area contributed by atoms with Crippen molar-refractivity contribution in [1.82, 2.24) is 9.78 Å². The van der Waals surface area contributed by atoms with Crippen LogP contribution >= 0.6 is 0 Å². The molecule has 0 radical (unpaired) electrons. The van der Waals surface area contributed by atoms with Gasteiger partial charge in [-0.1, -0.05) is 37.5 Å². The summed E-state index contributed by atoms with van der Waals surface area (Å²) in [6.07, 6.45) is 6.52. The van der Waals surface area contributed by atoms with Crippen LogP contribution in [0, 0.1) is 6.92 Å². The summed E-state index contributed by atoms with van der Waals surface area (Å²) in [6, 6.07) is 10.1. The lowest BCUT2D eigenvalue weighted by molar-refractivity contribution is 0.434. The Balaban J connectivity index is 1.99. The Kier molecular flexibility index (Phi) is 3.28. The van der Waals surface area contributed by atoms with Crippen LogP contribution in [0.4, 0.5) is 5.82 Å². The third-order valence-electron chi connectivity index (χ3n) is 4.20. The van der Waals surface area contributed by atoms with E-state index in [1.807, 2.05) is 35.0 Å². The number of aromatic nitrogens is 2. The molecule has 0 spiro atoms. The van der Waals surface area contributed by atoms with Gasteiger partial charge in [0.05, 0.1) is 11.4 Å². The van der Waals surface area contributed by atoms with Gasteiger partial charge in [0.25, 0.3) is 0 Å². The lowest BCUT2D eigenvalue weighted by Crippen LogP contribution is -2.07. The van der Waals surface area contributed by atoms with Gasteiger partial charge in [0.2, 0.25) is 0 Å². The molecule has 2 N–H and O–H groups in total. The van der Waals surface area contributed by atoms with Crippen molar-refractivity contribution in [2.75, 3.05) is 5.73 Å². The van der Waals surface area contributed by atoms with Crippen LogP contribution in [-0.2, 0) is 0 Å². The van der Waals surface area contributed by atoms with E-state index in [-0.39, 0.29) is 0 Å². The minimum Gasteiger partial charge on any atom is -0.383 e. The molecule has 1 saturated carbocycles. The molecule has 0 unspecified atom stereocenters. The van der Waals surface area contributed by atoms with Gasteiger partial charge in [0, 0.05) is 11.5 Å². The van der Waals surface area contributed by atoms with E-state index in [0.717, 1.165) is 17.1 Å². The minimum atomic E-state index is 0.598. The van der Waals surface area contributed by atoms with Crippen molar-refractivity contribution in [3.05, 3.63) is 41.6 Å². The van der Waals surface area contributed by atoms with E-state index < -0.39 is 0 Å². The van der Waals surface area contributed by atoms with Crippen LogP contribution in [0.2, 0.25) is 0 Å².